The third kappa shape index (κ3) is 2.12. The zero-order chi connectivity index (χ0) is 13.6. The summed E-state index contributed by atoms with van der Waals surface area (Å²) < 4.78 is 7.66. The van der Waals surface area contributed by atoms with Gasteiger partial charge < -0.3 is 9.30 Å². The Balaban J connectivity index is 2.28. The van der Waals surface area contributed by atoms with Crippen molar-refractivity contribution in [2.45, 2.75) is 31.2 Å². The number of aromatic nitrogens is 3. The molecule has 2 unspecified atom stereocenters. The molecule has 6 heteroatoms. The van der Waals surface area contributed by atoms with Crippen molar-refractivity contribution >= 4 is 34.4 Å². The second kappa shape index (κ2) is 4.62. The van der Waals surface area contributed by atoms with Gasteiger partial charge in [0.2, 0.25) is 0 Å². The smallest absolute Gasteiger partial charge is 0.160 e. The van der Waals surface area contributed by atoms with Crippen molar-refractivity contribution in [1.82, 2.24) is 14.5 Å². The van der Waals surface area contributed by atoms with Gasteiger partial charge in [-0.15, -0.1) is 11.6 Å². The molecule has 0 aromatic carbocycles. The van der Waals surface area contributed by atoms with Gasteiger partial charge in [-0.2, -0.15) is 0 Å². The largest absolute Gasteiger partial charge is 0.379 e. The van der Waals surface area contributed by atoms with Crippen LogP contribution in [-0.2, 0) is 10.3 Å². The van der Waals surface area contributed by atoms with E-state index < -0.39 is 0 Å². The number of fused-ring (bicyclic) bond motifs is 1. The van der Waals surface area contributed by atoms with Crippen LogP contribution in [0.5, 0.6) is 0 Å². The summed E-state index contributed by atoms with van der Waals surface area (Å²) in [6.07, 6.45) is 2.57. The van der Waals surface area contributed by atoms with Gasteiger partial charge in [-0.1, -0.05) is 11.6 Å². The Labute approximate surface area is 121 Å². The molecule has 2 aromatic rings. The number of rotatable bonds is 2. The van der Waals surface area contributed by atoms with Crippen LogP contribution >= 0.6 is 23.2 Å². The molecule has 3 heterocycles. The van der Waals surface area contributed by atoms with Crippen molar-refractivity contribution in [3.05, 3.63) is 23.1 Å². The fourth-order valence-corrected chi connectivity index (χ4v) is 2.89. The SMILES string of the molecule is CC(Cl)c1nc2cc(Cl)cnc2n1C1(C)CCOC1. The fraction of sp³-hybridized carbons (Fsp3) is 0.538. The lowest BCUT2D eigenvalue weighted by molar-refractivity contribution is 0.161. The number of hydrogen-bond acceptors (Lipinski definition) is 3. The van der Waals surface area contributed by atoms with Crippen LogP contribution in [0.3, 0.4) is 0 Å². The Morgan fingerprint density at radius 1 is 1.53 bits per heavy atom. The first-order chi connectivity index (χ1) is 9.01. The number of alkyl halides is 1. The molecule has 19 heavy (non-hydrogen) atoms. The Hall–Kier alpha value is -0.840. The predicted molar refractivity (Wildman–Crippen MR) is 75.9 cm³/mol. The van der Waals surface area contributed by atoms with Gasteiger partial charge >= 0.3 is 0 Å². The van der Waals surface area contributed by atoms with Gasteiger partial charge in [-0.3, -0.25) is 0 Å². The molecule has 0 amide bonds. The lowest BCUT2D eigenvalue weighted by Gasteiger charge is -2.27. The molecule has 0 aliphatic carbocycles. The summed E-state index contributed by atoms with van der Waals surface area (Å²) in [5.41, 5.74) is 1.46. The van der Waals surface area contributed by atoms with Crippen molar-refractivity contribution in [2.24, 2.45) is 0 Å². The van der Waals surface area contributed by atoms with E-state index in [9.17, 15) is 0 Å². The van der Waals surface area contributed by atoms with Crippen LogP contribution in [-0.4, -0.2) is 27.7 Å². The highest BCUT2D eigenvalue weighted by Crippen LogP contribution is 2.35. The van der Waals surface area contributed by atoms with Crippen LogP contribution in [0.15, 0.2) is 12.3 Å². The molecule has 0 spiro atoms. The van der Waals surface area contributed by atoms with Gasteiger partial charge in [0.15, 0.2) is 5.65 Å². The van der Waals surface area contributed by atoms with E-state index in [2.05, 4.69) is 21.5 Å². The topological polar surface area (TPSA) is 39.9 Å². The highest BCUT2D eigenvalue weighted by Gasteiger charge is 2.36. The van der Waals surface area contributed by atoms with E-state index in [0.29, 0.717) is 11.6 Å². The van der Waals surface area contributed by atoms with Crippen LogP contribution in [0.2, 0.25) is 5.02 Å². The second-order valence-corrected chi connectivity index (χ2v) is 6.31. The lowest BCUT2D eigenvalue weighted by Crippen LogP contribution is -2.32. The minimum absolute atomic E-state index is 0.145. The summed E-state index contributed by atoms with van der Waals surface area (Å²) in [5.74, 6) is 0.819. The number of pyridine rings is 1. The highest BCUT2D eigenvalue weighted by molar-refractivity contribution is 6.31. The third-order valence-corrected chi connectivity index (χ3v) is 3.99. The molecule has 1 saturated heterocycles. The van der Waals surface area contributed by atoms with Crippen LogP contribution in [0.4, 0.5) is 0 Å². The van der Waals surface area contributed by atoms with E-state index in [1.165, 1.54) is 0 Å². The summed E-state index contributed by atoms with van der Waals surface area (Å²) >= 11 is 12.3. The van der Waals surface area contributed by atoms with Crippen molar-refractivity contribution in [2.75, 3.05) is 13.2 Å². The molecule has 0 radical (unpaired) electrons. The Kier molecular flexibility index (Phi) is 3.20. The molecule has 0 saturated carbocycles. The number of hydrogen-bond donors (Lipinski definition) is 0. The molecule has 1 fully saturated rings. The van der Waals surface area contributed by atoms with Gasteiger partial charge in [0.1, 0.15) is 11.3 Å². The van der Waals surface area contributed by atoms with Gasteiger partial charge in [0, 0.05) is 12.8 Å². The van der Waals surface area contributed by atoms with Gasteiger partial charge in [0.25, 0.3) is 0 Å². The van der Waals surface area contributed by atoms with E-state index in [-0.39, 0.29) is 10.9 Å². The Bertz CT molecular complexity index is 618. The molecule has 3 rings (SSSR count). The van der Waals surface area contributed by atoms with Gasteiger partial charge in [-0.25, -0.2) is 9.97 Å². The van der Waals surface area contributed by atoms with E-state index in [0.717, 1.165) is 30.0 Å². The fourth-order valence-electron chi connectivity index (χ4n) is 2.59. The average Bonchev–Trinajstić information content (AvgIpc) is 2.93. The monoisotopic (exact) mass is 299 g/mol. The molecule has 2 atom stereocenters. The zero-order valence-electron chi connectivity index (χ0n) is 10.9. The molecule has 2 aromatic heterocycles. The van der Waals surface area contributed by atoms with Crippen LogP contribution in [0.1, 0.15) is 31.5 Å². The third-order valence-electron chi connectivity index (χ3n) is 3.58. The number of nitrogens with zero attached hydrogens (tertiary/aromatic N) is 3. The van der Waals surface area contributed by atoms with E-state index in [1.54, 1.807) is 6.20 Å². The molecule has 102 valence electrons. The predicted octanol–water partition coefficient (Wildman–Crippen LogP) is 3.52. The Morgan fingerprint density at radius 2 is 2.32 bits per heavy atom. The quantitative estimate of drug-likeness (QED) is 0.797. The first kappa shape index (κ1) is 13.2. The van der Waals surface area contributed by atoms with E-state index >= 15 is 0 Å². The zero-order valence-corrected chi connectivity index (χ0v) is 12.4. The minimum Gasteiger partial charge on any atom is -0.379 e. The average molecular weight is 300 g/mol. The number of halogens is 2. The van der Waals surface area contributed by atoms with Gasteiger partial charge in [0.05, 0.1) is 22.5 Å². The standard InChI is InChI=1S/C13H15Cl2N3O/c1-8(14)11-17-10-5-9(15)6-16-12(10)18(11)13(2)3-4-19-7-13/h5-6,8H,3-4,7H2,1-2H3. The molecular weight excluding hydrogens is 285 g/mol. The second-order valence-electron chi connectivity index (χ2n) is 5.22. The maximum Gasteiger partial charge on any atom is 0.160 e. The maximum atomic E-state index is 6.28. The molecule has 4 nitrogen and oxygen atoms in total. The van der Waals surface area contributed by atoms with Crippen molar-refractivity contribution in [1.29, 1.82) is 0 Å². The molecule has 0 N–H and O–H groups in total. The summed E-state index contributed by atoms with van der Waals surface area (Å²) in [5, 5.41) is 0.393. The minimum atomic E-state index is -0.189. The highest BCUT2D eigenvalue weighted by atomic mass is 35.5. The summed E-state index contributed by atoms with van der Waals surface area (Å²) in [7, 11) is 0. The summed E-state index contributed by atoms with van der Waals surface area (Å²) in [6, 6.07) is 1.82. The van der Waals surface area contributed by atoms with Crippen molar-refractivity contribution < 1.29 is 4.74 Å². The Morgan fingerprint density at radius 3 is 2.95 bits per heavy atom. The van der Waals surface area contributed by atoms with Crippen molar-refractivity contribution in [3.8, 4) is 0 Å². The van der Waals surface area contributed by atoms with Crippen LogP contribution in [0.25, 0.3) is 11.2 Å². The molecule has 1 aliphatic rings. The first-order valence-corrected chi connectivity index (χ1v) is 7.09. The van der Waals surface area contributed by atoms with Crippen LogP contribution in [0, 0.1) is 0 Å². The van der Waals surface area contributed by atoms with E-state index in [4.69, 9.17) is 27.9 Å². The van der Waals surface area contributed by atoms with E-state index in [1.807, 2.05) is 13.0 Å². The number of imidazole rings is 1. The molecular formula is C13H15Cl2N3O. The molecule has 1 aliphatic heterocycles. The van der Waals surface area contributed by atoms with Crippen molar-refractivity contribution in [3.63, 3.8) is 0 Å². The maximum absolute atomic E-state index is 6.28. The first-order valence-electron chi connectivity index (χ1n) is 6.27. The number of ether oxygens (including phenoxy) is 1. The lowest BCUT2D eigenvalue weighted by atomic mass is 10.0. The van der Waals surface area contributed by atoms with Crippen LogP contribution < -0.4 is 0 Å². The summed E-state index contributed by atoms with van der Waals surface area (Å²) in [6.45, 7) is 5.47. The van der Waals surface area contributed by atoms with Gasteiger partial charge in [-0.05, 0) is 26.3 Å². The summed E-state index contributed by atoms with van der Waals surface area (Å²) in [4.78, 5) is 9.02. The molecule has 0 bridgehead atoms. The normalized spacial score (nSPS) is 25.1.